The molecule has 0 saturated carbocycles. The van der Waals surface area contributed by atoms with E-state index in [9.17, 15) is 13.9 Å². The van der Waals surface area contributed by atoms with Gasteiger partial charge in [-0.2, -0.15) is 0 Å². The van der Waals surface area contributed by atoms with Crippen molar-refractivity contribution < 1.29 is 13.9 Å². The summed E-state index contributed by atoms with van der Waals surface area (Å²) in [4.78, 5) is 0. The van der Waals surface area contributed by atoms with Crippen LogP contribution in [0.15, 0.2) is 42.5 Å². The molecule has 0 aromatic heterocycles. The Balaban J connectivity index is 2.22. The van der Waals surface area contributed by atoms with Crippen molar-refractivity contribution in [2.45, 2.75) is 12.5 Å². The van der Waals surface area contributed by atoms with Crippen molar-refractivity contribution in [2.75, 3.05) is 0 Å². The van der Waals surface area contributed by atoms with Gasteiger partial charge in [0.25, 0.3) is 0 Å². The fourth-order valence-electron chi connectivity index (χ4n) is 1.77. The molecule has 2 aromatic rings. The molecule has 0 amide bonds. The van der Waals surface area contributed by atoms with E-state index in [4.69, 9.17) is 11.6 Å². The number of hydrogen-bond donors (Lipinski definition) is 1. The standard InChI is InChI=1S/C14H11ClF2O/c15-10-6-4-9(5-7-10)8-13(18)14-11(16)2-1-3-12(14)17/h1-7,13,18H,8H2. The normalized spacial score (nSPS) is 12.4. The lowest BCUT2D eigenvalue weighted by Gasteiger charge is -2.13. The quantitative estimate of drug-likeness (QED) is 0.895. The first-order valence-electron chi connectivity index (χ1n) is 5.44. The summed E-state index contributed by atoms with van der Waals surface area (Å²) in [6, 6.07) is 10.3. The van der Waals surface area contributed by atoms with Gasteiger partial charge in [-0.3, -0.25) is 0 Å². The first-order chi connectivity index (χ1) is 8.58. The van der Waals surface area contributed by atoms with E-state index in [-0.39, 0.29) is 12.0 Å². The minimum Gasteiger partial charge on any atom is -0.388 e. The topological polar surface area (TPSA) is 20.2 Å². The molecule has 0 spiro atoms. The van der Waals surface area contributed by atoms with Crippen LogP contribution in [0.2, 0.25) is 5.02 Å². The van der Waals surface area contributed by atoms with Crippen molar-refractivity contribution in [1.82, 2.24) is 0 Å². The molecule has 18 heavy (non-hydrogen) atoms. The molecule has 0 bridgehead atoms. The first kappa shape index (κ1) is 13.0. The second-order valence-electron chi connectivity index (χ2n) is 3.98. The third-order valence-electron chi connectivity index (χ3n) is 2.68. The van der Waals surface area contributed by atoms with Crippen LogP contribution in [-0.2, 0) is 6.42 Å². The Morgan fingerprint density at radius 1 is 1.00 bits per heavy atom. The van der Waals surface area contributed by atoms with Gasteiger partial charge in [0, 0.05) is 11.4 Å². The fourth-order valence-corrected chi connectivity index (χ4v) is 1.90. The van der Waals surface area contributed by atoms with Crippen LogP contribution in [0, 0.1) is 11.6 Å². The highest BCUT2D eigenvalue weighted by Crippen LogP contribution is 2.24. The number of benzene rings is 2. The molecule has 1 atom stereocenters. The number of hydrogen-bond acceptors (Lipinski definition) is 1. The average molecular weight is 269 g/mol. The molecule has 0 aliphatic rings. The molecule has 0 aliphatic carbocycles. The van der Waals surface area contributed by atoms with Crippen LogP contribution >= 0.6 is 11.6 Å². The maximum absolute atomic E-state index is 13.4. The summed E-state index contributed by atoms with van der Waals surface area (Å²) in [6.07, 6.45) is -1.08. The molecule has 0 aliphatic heterocycles. The van der Waals surface area contributed by atoms with Crippen molar-refractivity contribution in [1.29, 1.82) is 0 Å². The molecule has 4 heteroatoms. The second-order valence-corrected chi connectivity index (χ2v) is 4.42. The summed E-state index contributed by atoms with van der Waals surface area (Å²) >= 11 is 5.73. The maximum atomic E-state index is 13.4. The van der Waals surface area contributed by atoms with E-state index in [0.29, 0.717) is 5.02 Å². The summed E-state index contributed by atoms with van der Waals surface area (Å²) in [5, 5.41) is 10.5. The highest BCUT2D eigenvalue weighted by atomic mass is 35.5. The third-order valence-corrected chi connectivity index (χ3v) is 2.93. The van der Waals surface area contributed by atoms with Crippen LogP contribution in [0.3, 0.4) is 0 Å². The lowest BCUT2D eigenvalue weighted by Crippen LogP contribution is -2.07. The highest BCUT2D eigenvalue weighted by Gasteiger charge is 2.17. The zero-order chi connectivity index (χ0) is 13.1. The van der Waals surface area contributed by atoms with Gasteiger partial charge in [0.05, 0.1) is 11.7 Å². The second kappa shape index (κ2) is 5.46. The monoisotopic (exact) mass is 268 g/mol. The minimum atomic E-state index is -1.22. The van der Waals surface area contributed by atoms with E-state index in [1.807, 2.05) is 0 Å². The molecule has 0 heterocycles. The maximum Gasteiger partial charge on any atom is 0.131 e. The third kappa shape index (κ3) is 2.86. The molecular formula is C14H11ClF2O. The number of aliphatic hydroxyl groups excluding tert-OH is 1. The molecule has 0 radical (unpaired) electrons. The molecule has 1 nitrogen and oxygen atoms in total. The van der Waals surface area contributed by atoms with E-state index >= 15 is 0 Å². The Labute approximate surface area is 109 Å². The highest BCUT2D eigenvalue weighted by molar-refractivity contribution is 6.30. The van der Waals surface area contributed by atoms with E-state index in [1.54, 1.807) is 24.3 Å². The van der Waals surface area contributed by atoms with E-state index in [2.05, 4.69) is 0 Å². The van der Waals surface area contributed by atoms with Gasteiger partial charge < -0.3 is 5.11 Å². The molecule has 2 rings (SSSR count). The summed E-state index contributed by atoms with van der Waals surface area (Å²) in [5.41, 5.74) is 0.460. The van der Waals surface area contributed by atoms with Crippen molar-refractivity contribution in [3.63, 3.8) is 0 Å². The number of aliphatic hydroxyl groups is 1. The van der Waals surface area contributed by atoms with Gasteiger partial charge in [-0.25, -0.2) is 8.78 Å². The van der Waals surface area contributed by atoms with Crippen LogP contribution in [0.5, 0.6) is 0 Å². The van der Waals surface area contributed by atoms with E-state index in [0.717, 1.165) is 17.7 Å². The molecule has 0 fully saturated rings. The predicted molar refractivity (Wildman–Crippen MR) is 66.5 cm³/mol. The van der Waals surface area contributed by atoms with E-state index < -0.39 is 17.7 Å². The van der Waals surface area contributed by atoms with Crippen LogP contribution in [0.4, 0.5) is 8.78 Å². The Morgan fingerprint density at radius 3 is 2.11 bits per heavy atom. The fraction of sp³-hybridized carbons (Fsp3) is 0.143. The number of rotatable bonds is 3. The summed E-state index contributed by atoms with van der Waals surface area (Å²) in [7, 11) is 0. The SMILES string of the molecule is OC(Cc1ccc(Cl)cc1)c1c(F)cccc1F. The summed E-state index contributed by atoms with van der Waals surface area (Å²) in [6.45, 7) is 0. The Kier molecular flexibility index (Phi) is 3.94. The lowest BCUT2D eigenvalue weighted by molar-refractivity contribution is 0.168. The first-order valence-corrected chi connectivity index (χ1v) is 5.82. The van der Waals surface area contributed by atoms with Gasteiger partial charge in [0.2, 0.25) is 0 Å². The Hall–Kier alpha value is -1.45. The van der Waals surface area contributed by atoms with Gasteiger partial charge >= 0.3 is 0 Å². The molecular weight excluding hydrogens is 258 g/mol. The van der Waals surface area contributed by atoms with E-state index in [1.165, 1.54) is 6.07 Å². The smallest absolute Gasteiger partial charge is 0.131 e. The molecule has 0 saturated heterocycles. The van der Waals surface area contributed by atoms with Gasteiger partial charge in [0.1, 0.15) is 11.6 Å². The molecule has 1 unspecified atom stereocenters. The van der Waals surface area contributed by atoms with Crippen LogP contribution in [-0.4, -0.2) is 5.11 Å². The summed E-state index contributed by atoms with van der Waals surface area (Å²) < 4.78 is 26.9. The lowest BCUT2D eigenvalue weighted by atomic mass is 10.0. The van der Waals surface area contributed by atoms with Crippen molar-refractivity contribution >= 4 is 11.6 Å². The van der Waals surface area contributed by atoms with Gasteiger partial charge in [-0.15, -0.1) is 0 Å². The largest absolute Gasteiger partial charge is 0.388 e. The van der Waals surface area contributed by atoms with Crippen LogP contribution in [0.25, 0.3) is 0 Å². The average Bonchev–Trinajstić information content (AvgIpc) is 2.32. The Morgan fingerprint density at radius 2 is 1.56 bits per heavy atom. The molecule has 1 N–H and O–H groups in total. The zero-order valence-electron chi connectivity index (χ0n) is 9.41. The van der Waals surface area contributed by atoms with Crippen LogP contribution in [0.1, 0.15) is 17.2 Å². The van der Waals surface area contributed by atoms with Gasteiger partial charge in [-0.05, 0) is 29.8 Å². The summed E-state index contributed by atoms with van der Waals surface area (Å²) in [5.74, 6) is -1.48. The Bertz CT molecular complexity index is 520. The van der Waals surface area contributed by atoms with Gasteiger partial charge in [-0.1, -0.05) is 29.8 Å². The zero-order valence-corrected chi connectivity index (χ0v) is 10.2. The predicted octanol–water partition coefficient (Wildman–Crippen LogP) is 3.89. The minimum absolute atomic E-state index is 0.134. The molecule has 2 aromatic carbocycles. The number of halogens is 3. The van der Waals surface area contributed by atoms with Crippen molar-refractivity contribution in [3.05, 3.63) is 70.2 Å². The van der Waals surface area contributed by atoms with Crippen molar-refractivity contribution in [2.24, 2.45) is 0 Å². The van der Waals surface area contributed by atoms with Crippen molar-refractivity contribution in [3.8, 4) is 0 Å². The van der Waals surface area contributed by atoms with Crippen LogP contribution < -0.4 is 0 Å². The van der Waals surface area contributed by atoms with Gasteiger partial charge in [0.15, 0.2) is 0 Å². The molecule has 94 valence electrons.